The average molecular weight is 417 g/mol. The molecule has 0 amide bonds. The normalized spacial score (nSPS) is 20.5. The summed E-state index contributed by atoms with van der Waals surface area (Å²) in [6, 6.07) is 5.91. The third-order valence-electron chi connectivity index (χ3n) is 4.20. The van der Waals surface area contributed by atoms with Crippen molar-refractivity contribution >= 4 is 6.47 Å². The number of hydrogen-bond donors (Lipinski definition) is 2. The molecule has 30 heavy (non-hydrogen) atoms. The van der Waals surface area contributed by atoms with Gasteiger partial charge in [-0.1, -0.05) is 37.3 Å². The lowest BCUT2D eigenvalue weighted by atomic mass is 9.96. The second-order valence-corrected chi connectivity index (χ2v) is 6.36. The van der Waals surface area contributed by atoms with E-state index < -0.39 is 0 Å². The molecule has 0 saturated heterocycles. The van der Waals surface area contributed by atoms with Crippen molar-refractivity contribution in [1.29, 1.82) is 0 Å². The lowest BCUT2D eigenvalue weighted by Gasteiger charge is -2.16. The van der Waals surface area contributed by atoms with E-state index in [1.807, 2.05) is 25.1 Å². The van der Waals surface area contributed by atoms with Gasteiger partial charge in [0.2, 0.25) is 6.79 Å². The number of allylic oxidation sites excluding steroid dienone is 4. The van der Waals surface area contributed by atoms with Crippen LogP contribution in [0, 0.1) is 12.8 Å². The zero-order chi connectivity index (χ0) is 22.8. The highest BCUT2D eigenvalue weighted by Gasteiger charge is 2.11. The maximum absolute atomic E-state index is 8.95. The van der Waals surface area contributed by atoms with E-state index in [2.05, 4.69) is 61.4 Å². The maximum atomic E-state index is 8.95. The fourth-order valence-corrected chi connectivity index (χ4v) is 2.74. The lowest BCUT2D eigenvalue weighted by molar-refractivity contribution is -0.126. The highest BCUT2D eigenvalue weighted by Crippen LogP contribution is 2.31. The molecule has 166 valence electrons. The first-order valence-corrected chi connectivity index (χ1v) is 9.83. The van der Waals surface area contributed by atoms with Crippen LogP contribution in [-0.4, -0.2) is 33.5 Å². The minimum Gasteiger partial charge on any atom is -0.471 e. The minimum absolute atomic E-state index is 0.360. The van der Waals surface area contributed by atoms with Crippen LogP contribution in [0.15, 0.2) is 66.9 Å². The fourth-order valence-electron chi connectivity index (χ4n) is 2.74. The molecule has 0 spiro atoms. The number of aryl methyl sites for hydroxylation is 1. The van der Waals surface area contributed by atoms with Gasteiger partial charge in [0.25, 0.3) is 6.47 Å². The van der Waals surface area contributed by atoms with Crippen molar-refractivity contribution in [3.63, 3.8) is 0 Å². The molecule has 1 aromatic rings. The molecule has 0 aromatic heterocycles. The summed E-state index contributed by atoms with van der Waals surface area (Å²) in [4.78, 5) is 8.95. The minimum atomic E-state index is 0.360. The predicted molar refractivity (Wildman–Crippen MR) is 123 cm³/mol. The molecular weight excluding hydrogens is 380 g/mol. The number of nitrogens with two attached hydrogens (primary N) is 1. The molecular formula is C24H36N2O4. The zero-order valence-corrected chi connectivity index (χ0v) is 18.6. The van der Waals surface area contributed by atoms with Gasteiger partial charge in [-0.15, -0.1) is 13.2 Å². The number of carbonyl (C=O) groups is 1. The van der Waals surface area contributed by atoms with Crippen LogP contribution in [0.5, 0.6) is 11.5 Å². The molecule has 0 fully saturated rings. The summed E-state index contributed by atoms with van der Waals surface area (Å²) < 4.78 is 14.1. The van der Waals surface area contributed by atoms with Gasteiger partial charge in [0.05, 0.1) is 7.11 Å². The van der Waals surface area contributed by atoms with Crippen molar-refractivity contribution in [1.82, 2.24) is 5.32 Å². The van der Waals surface area contributed by atoms with Gasteiger partial charge in [0.1, 0.15) is 0 Å². The van der Waals surface area contributed by atoms with Crippen molar-refractivity contribution < 1.29 is 19.0 Å². The predicted octanol–water partition coefficient (Wildman–Crippen LogP) is 4.28. The van der Waals surface area contributed by atoms with E-state index in [0.29, 0.717) is 19.2 Å². The Labute approximate surface area is 181 Å². The van der Waals surface area contributed by atoms with Crippen molar-refractivity contribution in [2.24, 2.45) is 11.7 Å². The van der Waals surface area contributed by atoms with Crippen LogP contribution >= 0.6 is 0 Å². The van der Waals surface area contributed by atoms with Crippen LogP contribution in [0.1, 0.15) is 25.8 Å². The SMILES string of the molecule is C/C1=C(\CCN)C(C)/C=C\C=C/CN1.C=C.COC=O.Cc1ccc2c(c1)OCO2. The molecule has 6 nitrogen and oxygen atoms in total. The fraction of sp³-hybridized carbons (Fsp3) is 0.375. The molecule has 0 bridgehead atoms. The number of carbonyl (C=O) groups excluding carboxylic acids is 1. The molecule has 0 saturated carbocycles. The van der Waals surface area contributed by atoms with E-state index in [9.17, 15) is 0 Å². The van der Waals surface area contributed by atoms with Crippen LogP contribution in [-0.2, 0) is 9.53 Å². The second kappa shape index (κ2) is 16.9. The lowest BCUT2D eigenvalue weighted by Crippen LogP contribution is -2.16. The van der Waals surface area contributed by atoms with Gasteiger partial charge in [0.15, 0.2) is 11.5 Å². The molecule has 0 aliphatic carbocycles. The summed E-state index contributed by atoms with van der Waals surface area (Å²) in [5, 5.41) is 3.39. The maximum Gasteiger partial charge on any atom is 0.292 e. The van der Waals surface area contributed by atoms with Gasteiger partial charge in [-0.05, 0) is 56.0 Å². The molecule has 6 heteroatoms. The standard InChI is InChI=1S/C12H20N2.C8H8O2.C2H4O2.C2H4/c1-10-6-4-3-5-9-14-11(2)12(10)7-8-13;1-6-2-3-7-8(4-6)10-5-9-7;1-4-2-3;1-2/h3-6,10,14H,7-9,13H2,1-2H3;2-4H,5H2,1H3;2H,1H3;1-2H2/b5-3-,6-4-,12-11-;;;. The highest BCUT2D eigenvalue weighted by atomic mass is 16.7. The monoisotopic (exact) mass is 416 g/mol. The van der Waals surface area contributed by atoms with Gasteiger partial charge < -0.3 is 25.3 Å². The van der Waals surface area contributed by atoms with Gasteiger partial charge >= 0.3 is 0 Å². The van der Waals surface area contributed by atoms with E-state index in [0.717, 1.165) is 31.0 Å². The largest absolute Gasteiger partial charge is 0.471 e. The van der Waals surface area contributed by atoms with Crippen molar-refractivity contribution in [3.8, 4) is 11.5 Å². The Bertz CT molecular complexity index is 711. The molecule has 2 heterocycles. The molecule has 3 rings (SSSR count). The number of ether oxygens (including phenoxy) is 3. The quantitative estimate of drug-likeness (QED) is 0.565. The summed E-state index contributed by atoms with van der Waals surface area (Å²) >= 11 is 0. The zero-order valence-electron chi connectivity index (χ0n) is 18.6. The van der Waals surface area contributed by atoms with Crippen molar-refractivity contribution in [2.75, 3.05) is 27.0 Å². The topological polar surface area (TPSA) is 82.8 Å². The summed E-state index contributed by atoms with van der Waals surface area (Å²) in [5.41, 5.74) is 9.51. The van der Waals surface area contributed by atoms with Gasteiger partial charge in [-0.2, -0.15) is 0 Å². The first-order valence-electron chi connectivity index (χ1n) is 9.83. The summed E-state index contributed by atoms with van der Waals surface area (Å²) in [6.07, 6.45) is 9.52. The Hall–Kier alpha value is -2.99. The molecule has 3 N–H and O–H groups in total. The Morgan fingerprint density at radius 2 is 1.90 bits per heavy atom. The van der Waals surface area contributed by atoms with Crippen LogP contribution in [0.4, 0.5) is 0 Å². The number of methoxy groups -OCH3 is 1. The smallest absolute Gasteiger partial charge is 0.292 e. The average Bonchev–Trinajstić information content (AvgIpc) is 3.25. The van der Waals surface area contributed by atoms with Crippen molar-refractivity contribution in [3.05, 3.63) is 72.5 Å². The highest BCUT2D eigenvalue weighted by molar-refractivity contribution is 5.43. The summed E-state index contributed by atoms with van der Waals surface area (Å²) in [5.74, 6) is 2.19. The van der Waals surface area contributed by atoms with Crippen LogP contribution in [0.3, 0.4) is 0 Å². The summed E-state index contributed by atoms with van der Waals surface area (Å²) in [6.45, 7) is 14.7. The second-order valence-electron chi connectivity index (χ2n) is 6.36. The molecule has 0 radical (unpaired) electrons. The number of nitrogens with one attached hydrogen (secondary N) is 1. The van der Waals surface area contributed by atoms with Crippen molar-refractivity contribution in [2.45, 2.75) is 27.2 Å². The summed E-state index contributed by atoms with van der Waals surface area (Å²) in [7, 11) is 1.31. The van der Waals surface area contributed by atoms with Crippen LogP contribution in [0.25, 0.3) is 0 Å². The third kappa shape index (κ3) is 10.5. The Morgan fingerprint density at radius 1 is 1.23 bits per heavy atom. The first kappa shape index (κ1) is 27.0. The van der Waals surface area contributed by atoms with E-state index in [1.165, 1.54) is 23.9 Å². The molecule has 1 atom stereocenters. The van der Waals surface area contributed by atoms with Gasteiger partial charge in [-0.25, -0.2) is 0 Å². The molecule has 2 aliphatic rings. The number of fused-ring (bicyclic) bond motifs is 1. The van der Waals surface area contributed by atoms with Crippen LogP contribution in [0.2, 0.25) is 0 Å². The number of benzene rings is 1. The van der Waals surface area contributed by atoms with Crippen LogP contribution < -0.4 is 20.5 Å². The first-order chi connectivity index (χ1) is 14.5. The molecule has 1 aromatic carbocycles. The Balaban J connectivity index is 0.000000457. The number of hydrogen-bond acceptors (Lipinski definition) is 6. The molecule has 1 unspecified atom stereocenters. The Morgan fingerprint density at radius 3 is 2.53 bits per heavy atom. The van der Waals surface area contributed by atoms with E-state index in [-0.39, 0.29) is 0 Å². The van der Waals surface area contributed by atoms with E-state index in [1.54, 1.807) is 0 Å². The Kier molecular flexibility index (Phi) is 15.2. The third-order valence-corrected chi connectivity index (χ3v) is 4.20. The van der Waals surface area contributed by atoms with Gasteiger partial charge in [-0.3, -0.25) is 4.79 Å². The van der Waals surface area contributed by atoms with E-state index >= 15 is 0 Å². The number of rotatable bonds is 3. The van der Waals surface area contributed by atoms with Gasteiger partial charge in [0, 0.05) is 12.2 Å². The molecule has 2 aliphatic heterocycles. The van der Waals surface area contributed by atoms with E-state index in [4.69, 9.17) is 20.0 Å².